The van der Waals surface area contributed by atoms with Gasteiger partial charge in [-0.1, -0.05) is 50.8 Å². The molecule has 1 fully saturated rings. The fourth-order valence-electron chi connectivity index (χ4n) is 4.40. The van der Waals surface area contributed by atoms with E-state index in [1.807, 2.05) is 51.1 Å². The minimum atomic E-state index is -0.777. The lowest BCUT2D eigenvalue weighted by Gasteiger charge is -2.31. The van der Waals surface area contributed by atoms with E-state index in [0.717, 1.165) is 35.7 Å². The Bertz CT molecular complexity index is 1040. The van der Waals surface area contributed by atoms with Crippen LogP contribution in [0.4, 0.5) is 9.59 Å². The van der Waals surface area contributed by atoms with Crippen LogP contribution >= 0.6 is 15.9 Å². The van der Waals surface area contributed by atoms with Gasteiger partial charge in [0.05, 0.1) is 32.4 Å². The molecule has 1 saturated heterocycles. The standard InChI is InChI=1S/C30H41BrN2O6/c1-6-7-8-9-12-17-39-28(35)32-27(30(2,3)4)26(34)20-23-19-24(21-33(23)29(36)37-5)38-18-13-15-22-14-10-11-16-25(22)31/h6,10-11,14,16,23-24,27H,1,7-9,12,17-21H2,2-5H3,(H,32,35)/t23?,24-,27-/m1/s1. The highest BCUT2D eigenvalue weighted by atomic mass is 79.9. The predicted molar refractivity (Wildman–Crippen MR) is 154 cm³/mol. The maximum absolute atomic E-state index is 13.4. The number of benzene rings is 1. The van der Waals surface area contributed by atoms with Crippen molar-refractivity contribution in [2.75, 3.05) is 26.9 Å². The molecule has 9 heteroatoms. The highest BCUT2D eigenvalue weighted by Gasteiger charge is 2.41. The van der Waals surface area contributed by atoms with Crippen molar-refractivity contribution in [1.82, 2.24) is 10.2 Å². The Morgan fingerprint density at radius 2 is 1.97 bits per heavy atom. The molecule has 1 unspecified atom stereocenters. The quantitative estimate of drug-likeness (QED) is 0.182. The first-order chi connectivity index (χ1) is 18.6. The van der Waals surface area contributed by atoms with Crippen LogP contribution in [-0.4, -0.2) is 67.9 Å². The molecule has 8 nitrogen and oxygen atoms in total. The van der Waals surface area contributed by atoms with E-state index in [1.165, 1.54) is 12.0 Å². The van der Waals surface area contributed by atoms with Gasteiger partial charge in [-0.2, -0.15) is 0 Å². The lowest BCUT2D eigenvalue weighted by atomic mass is 9.82. The molecule has 2 amide bonds. The number of hydrogen-bond acceptors (Lipinski definition) is 6. The number of amides is 2. The van der Waals surface area contributed by atoms with Gasteiger partial charge in [0.1, 0.15) is 6.61 Å². The van der Waals surface area contributed by atoms with Crippen molar-refractivity contribution in [2.24, 2.45) is 5.41 Å². The minimum Gasteiger partial charge on any atom is -0.453 e. The molecule has 0 saturated carbocycles. The Morgan fingerprint density at radius 3 is 2.64 bits per heavy atom. The van der Waals surface area contributed by atoms with Gasteiger partial charge in [0, 0.05) is 22.5 Å². The summed E-state index contributed by atoms with van der Waals surface area (Å²) in [4.78, 5) is 39.9. The summed E-state index contributed by atoms with van der Waals surface area (Å²) in [6, 6.07) is 6.46. The summed E-state index contributed by atoms with van der Waals surface area (Å²) in [5.41, 5.74) is 0.311. The number of methoxy groups -OCH3 is 1. The monoisotopic (exact) mass is 604 g/mol. The number of hydrogen-bond donors (Lipinski definition) is 1. The lowest BCUT2D eigenvalue weighted by molar-refractivity contribution is -0.124. The second kappa shape index (κ2) is 16.3. The summed E-state index contributed by atoms with van der Waals surface area (Å²) >= 11 is 3.47. The summed E-state index contributed by atoms with van der Waals surface area (Å²) in [7, 11) is 1.31. The van der Waals surface area contributed by atoms with E-state index in [2.05, 4.69) is 39.7 Å². The Morgan fingerprint density at radius 1 is 1.23 bits per heavy atom. The Kier molecular flexibility index (Phi) is 13.5. The molecule has 1 aromatic carbocycles. The van der Waals surface area contributed by atoms with Crippen LogP contribution in [0, 0.1) is 17.3 Å². The molecule has 1 aliphatic heterocycles. The smallest absolute Gasteiger partial charge is 0.409 e. The molecular formula is C30H41BrN2O6. The summed E-state index contributed by atoms with van der Waals surface area (Å²) < 4.78 is 17.1. The maximum atomic E-state index is 13.4. The van der Waals surface area contributed by atoms with Crippen LogP contribution in [0.2, 0.25) is 0 Å². The minimum absolute atomic E-state index is 0.0569. The van der Waals surface area contributed by atoms with Gasteiger partial charge in [0.2, 0.25) is 0 Å². The van der Waals surface area contributed by atoms with E-state index in [9.17, 15) is 14.4 Å². The zero-order valence-corrected chi connectivity index (χ0v) is 25.1. The van der Waals surface area contributed by atoms with Crippen molar-refractivity contribution in [3.05, 3.63) is 47.0 Å². The summed E-state index contributed by atoms with van der Waals surface area (Å²) in [6.45, 7) is 10.1. The van der Waals surface area contributed by atoms with Crippen LogP contribution in [0.5, 0.6) is 0 Å². The van der Waals surface area contributed by atoms with Crippen molar-refractivity contribution < 1.29 is 28.6 Å². The van der Waals surface area contributed by atoms with Gasteiger partial charge >= 0.3 is 12.2 Å². The number of unbranched alkanes of at least 4 members (excludes halogenated alkanes) is 3. The largest absolute Gasteiger partial charge is 0.453 e. The van der Waals surface area contributed by atoms with Crippen molar-refractivity contribution in [3.63, 3.8) is 0 Å². The van der Waals surface area contributed by atoms with Gasteiger partial charge in [0.25, 0.3) is 0 Å². The molecule has 1 N–H and O–H groups in total. The van der Waals surface area contributed by atoms with E-state index in [1.54, 1.807) is 0 Å². The van der Waals surface area contributed by atoms with E-state index < -0.39 is 29.7 Å². The average Bonchev–Trinajstić information content (AvgIpc) is 3.29. The van der Waals surface area contributed by atoms with Crippen molar-refractivity contribution in [2.45, 2.75) is 77.5 Å². The van der Waals surface area contributed by atoms with Crippen LogP contribution in [0.25, 0.3) is 0 Å². The third-order valence-electron chi connectivity index (χ3n) is 6.45. The molecule has 39 heavy (non-hydrogen) atoms. The number of nitrogens with zero attached hydrogens (tertiary/aromatic N) is 1. The molecule has 214 valence electrons. The number of Topliss-reactive ketones (excluding diaryl/α,β-unsaturated/α-hetero) is 1. The summed E-state index contributed by atoms with van der Waals surface area (Å²) in [5, 5.41) is 2.75. The average molecular weight is 606 g/mol. The zero-order valence-electron chi connectivity index (χ0n) is 23.5. The van der Waals surface area contributed by atoms with Crippen molar-refractivity contribution >= 4 is 33.9 Å². The first-order valence-electron chi connectivity index (χ1n) is 13.3. The predicted octanol–water partition coefficient (Wildman–Crippen LogP) is 5.87. The van der Waals surface area contributed by atoms with Crippen LogP contribution < -0.4 is 5.32 Å². The summed E-state index contributed by atoms with van der Waals surface area (Å²) in [5.74, 6) is 5.89. The first-order valence-corrected chi connectivity index (χ1v) is 14.1. The topological polar surface area (TPSA) is 94.2 Å². The third kappa shape index (κ3) is 11.1. The fraction of sp³-hybridized carbons (Fsp3) is 0.567. The number of nitrogens with one attached hydrogen (secondary N) is 1. The molecule has 3 atom stereocenters. The van der Waals surface area contributed by atoms with Gasteiger partial charge in [-0.25, -0.2) is 9.59 Å². The van der Waals surface area contributed by atoms with Crippen LogP contribution in [0.3, 0.4) is 0 Å². The Labute approximate surface area is 240 Å². The molecule has 0 spiro atoms. The highest BCUT2D eigenvalue weighted by Crippen LogP contribution is 2.28. The fourth-order valence-corrected chi connectivity index (χ4v) is 4.79. The molecule has 0 aromatic heterocycles. The first kappa shape index (κ1) is 32.4. The molecule has 0 bridgehead atoms. The maximum Gasteiger partial charge on any atom is 0.409 e. The second-order valence-corrected chi connectivity index (χ2v) is 11.5. The number of allylic oxidation sites excluding steroid dienone is 1. The number of carbonyl (C=O) groups is 3. The molecule has 0 radical (unpaired) electrons. The Balaban J connectivity index is 1.96. The SMILES string of the molecule is C=CCCCCCOC(=O)N[C@H](C(=O)CC1C[C@@H](OCC#Cc2ccccc2Br)CN1C(=O)OC)C(C)(C)C. The summed E-state index contributed by atoms with van der Waals surface area (Å²) in [6.07, 6.45) is 4.58. The number of rotatable bonds is 12. The zero-order chi connectivity index (χ0) is 28.8. The molecule has 1 heterocycles. The number of carbonyl (C=O) groups excluding carboxylic acids is 3. The van der Waals surface area contributed by atoms with Crippen LogP contribution in [-0.2, 0) is 19.0 Å². The highest BCUT2D eigenvalue weighted by molar-refractivity contribution is 9.10. The molecule has 1 aromatic rings. The normalized spacial score (nSPS) is 17.5. The van der Waals surface area contributed by atoms with Gasteiger partial charge in [-0.05, 0) is 65.6 Å². The molecule has 0 aliphatic carbocycles. The number of alkyl carbamates (subject to hydrolysis) is 1. The number of ketones is 1. The van der Waals surface area contributed by atoms with Gasteiger partial charge in [-0.3, -0.25) is 4.79 Å². The van der Waals surface area contributed by atoms with E-state index in [0.29, 0.717) is 13.0 Å². The van der Waals surface area contributed by atoms with Gasteiger partial charge in [-0.15, -0.1) is 6.58 Å². The van der Waals surface area contributed by atoms with Crippen LogP contribution in [0.1, 0.15) is 64.9 Å². The van der Waals surface area contributed by atoms with Gasteiger partial charge < -0.3 is 24.4 Å². The number of likely N-dealkylation sites (tertiary alicyclic amines) is 1. The number of ether oxygens (including phenoxy) is 3. The van der Waals surface area contributed by atoms with E-state index in [-0.39, 0.29) is 31.5 Å². The van der Waals surface area contributed by atoms with Gasteiger partial charge in [0.15, 0.2) is 5.78 Å². The lowest BCUT2D eigenvalue weighted by Crippen LogP contribution is -2.51. The third-order valence-corrected chi connectivity index (χ3v) is 7.14. The molecule has 1 aliphatic rings. The van der Waals surface area contributed by atoms with E-state index in [4.69, 9.17) is 14.2 Å². The van der Waals surface area contributed by atoms with Crippen LogP contribution in [0.15, 0.2) is 41.4 Å². The molecule has 2 rings (SSSR count). The number of halogens is 1. The Hall–Kier alpha value is -2.83. The second-order valence-electron chi connectivity index (χ2n) is 10.6. The van der Waals surface area contributed by atoms with Crippen molar-refractivity contribution in [1.29, 1.82) is 0 Å². The van der Waals surface area contributed by atoms with Crippen molar-refractivity contribution in [3.8, 4) is 11.8 Å². The molecular weight excluding hydrogens is 564 g/mol. The van der Waals surface area contributed by atoms with E-state index >= 15 is 0 Å².